The summed E-state index contributed by atoms with van der Waals surface area (Å²) < 4.78 is 30.4. The second kappa shape index (κ2) is 7.57. The van der Waals surface area contributed by atoms with Crippen molar-refractivity contribution in [3.05, 3.63) is 59.2 Å². The number of carbonyl (C=O) groups is 1. The van der Waals surface area contributed by atoms with Crippen molar-refractivity contribution in [3.63, 3.8) is 0 Å². The van der Waals surface area contributed by atoms with E-state index in [2.05, 4.69) is 4.72 Å². The minimum atomic E-state index is -3.40. The molecule has 1 amide bonds. The topological polar surface area (TPSA) is 75.7 Å². The molecule has 134 valence electrons. The third-order valence-corrected chi connectivity index (χ3v) is 4.30. The smallest absolute Gasteiger partial charge is 0.253 e. The SMILES string of the molecule is COc1ccc(CN(C)C(=O)c2ccc(C)c(NS(C)(=O)=O)c2)cc1. The van der Waals surface area contributed by atoms with Crippen LogP contribution in [0.25, 0.3) is 0 Å². The zero-order chi connectivity index (χ0) is 18.6. The Hall–Kier alpha value is -2.54. The van der Waals surface area contributed by atoms with Gasteiger partial charge in [0.1, 0.15) is 5.75 Å². The third kappa shape index (κ3) is 5.22. The van der Waals surface area contributed by atoms with Gasteiger partial charge >= 0.3 is 0 Å². The fourth-order valence-corrected chi connectivity index (χ4v) is 2.98. The van der Waals surface area contributed by atoms with Crippen molar-refractivity contribution in [2.45, 2.75) is 13.5 Å². The van der Waals surface area contributed by atoms with Gasteiger partial charge in [-0.1, -0.05) is 18.2 Å². The summed E-state index contributed by atoms with van der Waals surface area (Å²) in [6.45, 7) is 2.22. The van der Waals surface area contributed by atoms with E-state index in [4.69, 9.17) is 4.74 Å². The molecule has 0 aromatic heterocycles. The Bertz CT molecular complexity index is 861. The summed E-state index contributed by atoms with van der Waals surface area (Å²) in [7, 11) is -0.0985. The molecule has 0 saturated carbocycles. The van der Waals surface area contributed by atoms with E-state index in [-0.39, 0.29) is 5.91 Å². The quantitative estimate of drug-likeness (QED) is 0.857. The monoisotopic (exact) mass is 362 g/mol. The van der Waals surface area contributed by atoms with Crippen molar-refractivity contribution in [1.29, 1.82) is 0 Å². The molecule has 0 bridgehead atoms. The Morgan fingerprint density at radius 1 is 1.16 bits per heavy atom. The number of sulfonamides is 1. The van der Waals surface area contributed by atoms with Gasteiger partial charge in [0.2, 0.25) is 10.0 Å². The largest absolute Gasteiger partial charge is 0.497 e. The molecule has 0 fully saturated rings. The maximum Gasteiger partial charge on any atom is 0.253 e. The van der Waals surface area contributed by atoms with Crippen molar-refractivity contribution in [2.24, 2.45) is 0 Å². The average Bonchev–Trinajstić information content (AvgIpc) is 2.55. The van der Waals surface area contributed by atoms with Crippen LogP contribution in [0.3, 0.4) is 0 Å². The Morgan fingerprint density at radius 2 is 1.80 bits per heavy atom. The number of rotatable bonds is 6. The molecule has 0 aliphatic heterocycles. The molecule has 0 atom stereocenters. The molecule has 0 spiro atoms. The first-order valence-electron chi connectivity index (χ1n) is 7.66. The molecular weight excluding hydrogens is 340 g/mol. The molecule has 1 N–H and O–H groups in total. The fourth-order valence-electron chi connectivity index (χ4n) is 2.36. The highest BCUT2D eigenvalue weighted by Gasteiger charge is 2.15. The van der Waals surface area contributed by atoms with Gasteiger partial charge in [0, 0.05) is 19.2 Å². The molecule has 25 heavy (non-hydrogen) atoms. The first kappa shape index (κ1) is 18.8. The van der Waals surface area contributed by atoms with E-state index in [1.54, 1.807) is 44.2 Å². The van der Waals surface area contributed by atoms with Crippen molar-refractivity contribution < 1.29 is 17.9 Å². The van der Waals surface area contributed by atoms with E-state index in [0.717, 1.165) is 23.1 Å². The first-order valence-corrected chi connectivity index (χ1v) is 9.55. The number of nitrogens with zero attached hydrogens (tertiary/aromatic N) is 1. The lowest BCUT2D eigenvalue weighted by Crippen LogP contribution is -2.26. The van der Waals surface area contributed by atoms with E-state index >= 15 is 0 Å². The van der Waals surface area contributed by atoms with Gasteiger partial charge in [0.25, 0.3) is 5.91 Å². The van der Waals surface area contributed by atoms with Gasteiger partial charge in [-0.3, -0.25) is 9.52 Å². The molecule has 0 heterocycles. The third-order valence-electron chi connectivity index (χ3n) is 3.71. The number of anilines is 1. The number of carbonyl (C=O) groups excluding carboxylic acids is 1. The minimum Gasteiger partial charge on any atom is -0.497 e. The predicted octanol–water partition coefficient (Wildman–Crippen LogP) is 2.65. The molecule has 0 aliphatic rings. The number of amides is 1. The van der Waals surface area contributed by atoms with Crippen LogP contribution in [0.15, 0.2) is 42.5 Å². The van der Waals surface area contributed by atoms with Gasteiger partial charge in [-0.25, -0.2) is 8.42 Å². The van der Waals surface area contributed by atoms with Crippen molar-refractivity contribution >= 4 is 21.6 Å². The lowest BCUT2D eigenvalue weighted by Gasteiger charge is -2.18. The minimum absolute atomic E-state index is 0.188. The summed E-state index contributed by atoms with van der Waals surface area (Å²) >= 11 is 0. The van der Waals surface area contributed by atoms with E-state index < -0.39 is 10.0 Å². The van der Waals surface area contributed by atoms with Gasteiger partial charge in [0.15, 0.2) is 0 Å². The second-order valence-electron chi connectivity index (χ2n) is 5.91. The van der Waals surface area contributed by atoms with Crippen molar-refractivity contribution in [3.8, 4) is 5.75 Å². The van der Waals surface area contributed by atoms with Crippen LogP contribution in [-0.4, -0.2) is 39.6 Å². The highest BCUT2D eigenvalue weighted by Crippen LogP contribution is 2.20. The highest BCUT2D eigenvalue weighted by molar-refractivity contribution is 7.92. The molecule has 2 aromatic carbocycles. The van der Waals surface area contributed by atoms with Gasteiger partial charge in [-0.15, -0.1) is 0 Å². The van der Waals surface area contributed by atoms with Crippen LogP contribution >= 0.6 is 0 Å². The molecule has 2 rings (SSSR count). The van der Waals surface area contributed by atoms with E-state index in [9.17, 15) is 13.2 Å². The van der Waals surface area contributed by atoms with Crippen LogP contribution in [0.4, 0.5) is 5.69 Å². The molecule has 0 unspecified atom stereocenters. The molecule has 0 radical (unpaired) electrons. The number of methoxy groups -OCH3 is 1. The van der Waals surface area contributed by atoms with Crippen LogP contribution in [0, 0.1) is 6.92 Å². The lowest BCUT2D eigenvalue weighted by molar-refractivity contribution is 0.0785. The number of hydrogen-bond donors (Lipinski definition) is 1. The van der Waals surface area contributed by atoms with Gasteiger partial charge in [0.05, 0.1) is 19.1 Å². The standard InChI is InChI=1S/C18H22N2O4S/c1-13-5-8-15(11-17(13)19-25(4,22)23)18(21)20(2)12-14-6-9-16(24-3)10-7-14/h5-11,19H,12H2,1-4H3. The second-order valence-corrected chi connectivity index (χ2v) is 7.66. The maximum absolute atomic E-state index is 12.6. The van der Waals surface area contributed by atoms with E-state index in [1.165, 1.54) is 0 Å². The molecular formula is C18H22N2O4S. The average molecular weight is 362 g/mol. The molecule has 0 aliphatic carbocycles. The Morgan fingerprint density at radius 3 is 2.36 bits per heavy atom. The van der Waals surface area contributed by atoms with Crippen LogP contribution in [0.1, 0.15) is 21.5 Å². The van der Waals surface area contributed by atoms with Crippen LogP contribution in [0.5, 0.6) is 5.75 Å². The summed E-state index contributed by atoms with van der Waals surface area (Å²) in [4.78, 5) is 14.2. The van der Waals surface area contributed by atoms with Crippen LogP contribution < -0.4 is 9.46 Å². The number of benzene rings is 2. The van der Waals surface area contributed by atoms with Crippen molar-refractivity contribution in [1.82, 2.24) is 4.90 Å². The zero-order valence-corrected chi connectivity index (χ0v) is 15.6. The zero-order valence-electron chi connectivity index (χ0n) is 14.7. The first-order chi connectivity index (χ1) is 11.7. The Kier molecular flexibility index (Phi) is 5.69. The maximum atomic E-state index is 12.6. The summed E-state index contributed by atoms with van der Waals surface area (Å²) in [5.74, 6) is 0.570. The van der Waals surface area contributed by atoms with Crippen molar-refractivity contribution in [2.75, 3.05) is 25.1 Å². The molecule has 7 heteroatoms. The van der Waals surface area contributed by atoms with Gasteiger partial charge in [-0.05, 0) is 42.3 Å². The number of ether oxygens (including phenoxy) is 1. The summed E-state index contributed by atoms with van der Waals surface area (Å²) in [6.07, 6.45) is 1.08. The van der Waals surface area contributed by atoms with Gasteiger partial charge in [-0.2, -0.15) is 0 Å². The molecule has 2 aromatic rings. The Labute approximate surface area is 148 Å². The fraction of sp³-hybridized carbons (Fsp3) is 0.278. The van der Waals surface area contributed by atoms with E-state index in [1.807, 2.05) is 24.3 Å². The predicted molar refractivity (Wildman–Crippen MR) is 98.4 cm³/mol. The summed E-state index contributed by atoms with van der Waals surface area (Å²) in [6, 6.07) is 12.4. The Balaban J connectivity index is 2.16. The van der Waals surface area contributed by atoms with Crippen LogP contribution in [0.2, 0.25) is 0 Å². The summed E-state index contributed by atoms with van der Waals surface area (Å²) in [5, 5.41) is 0. The van der Waals surface area contributed by atoms with Gasteiger partial charge < -0.3 is 9.64 Å². The highest BCUT2D eigenvalue weighted by atomic mass is 32.2. The number of aryl methyl sites for hydroxylation is 1. The molecule has 0 saturated heterocycles. The van der Waals surface area contributed by atoms with E-state index in [0.29, 0.717) is 17.8 Å². The molecule has 6 nitrogen and oxygen atoms in total. The normalized spacial score (nSPS) is 11.0. The summed E-state index contributed by atoms with van der Waals surface area (Å²) in [5.41, 5.74) is 2.55. The number of nitrogens with one attached hydrogen (secondary N) is 1. The lowest BCUT2D eigenvalue weighted by atomic mass is 10.1. The van der Waals surface area contributed by atoms with Crippen LogP contribution in [-0.2, 0) is 16.6 Å². The number of hydrogen-bond acceptors (Lipinski definition) is 4.